The maximum absolute atomic E-state index is 12.2. The van der Waals surface area contributed by atoms with Crippen LogP contribution in [-0.4, -0.2) is 73.7 Å². The second kappa shape index (κ2) is 11.3. The van der Waals surface area contributed by atoms with Crippen molar-refractivity contribution >= 4 is 23.7 Å². The van der Waals surface area contributed by atoms with Crippen LogP contribution >= 0.6 is 0 Å². The highest BCUT2D eigenvalue weighted by Gasteiger charge is 2.23. The van der Waals surface area contributed by atoms with Crippen LogP contribution in [0.1, 0.15) is 37.0 Å². The lowest BCUT2D eigenvalue weighted by atomic mass is 10.2. The molecule has 0 bridgehead atoms. The molecule has 1 N–H and O–H groups in total. The Kier molecular flexibility index (Phi) is 8.74. The molecule has 2 rings (SSSR count). The second-order valence-corrected chi connectivity index (χ2v) is 6.58. The van der Waals surface area contributed by atoms with Gasteiger partial charge < -0.3 is 19.7 Å². The number of piperazine rings is 1. The smallest absolute Gasteiger partial charge is 0.409 e. The van der Waals surface area contributed by atoms with E-state index in [0.717, 1.165) is 12.8 Å². The predicted molar refractivity (Wildman–Crippen MR) is 105 cm³/mol. The molecule has 0 radical (unpaired) electrons. The lowest BCUT2D eigenvalue weighted by molar-refractivity contribution is -0.117. The molecular weight excluding hydrogens is 362 g/mol. The molecule has 1 aromatic carbocycles. The highest BCUT2D eigenvalue weighted by Crippen LogP contribution is 2.11. The van der Waals surface area contributed by atoms with E-state index in [1.807, 2.05) is 11.8 Å². The van der Waals surface area contributed by atoms with Crippen molar-refractivity contribution in [3.63, 3.8) is 0 Å². The molecule has 0 atom stereocenters. The molecule has 8 heteroatoms. The summed E-state index contributed by atoms with van der Waals surface area (Å²) in [4.78, 5) is 39.4. The summed E-state index contributed by atoms with van der Waals surface area (Å²) in [6.07, 6.45) is 1.50. The number of rotatable bonds is 8. The summed E-state index contributed by atoms with van der Waals surface area (Å²) in [7, 11) is 0. The van der Waals surface area contributed by atoms with Gasteiger partial charge in [-0.1, -0.05) is 13.3 Å². The molecule has 0 saturated carbocycles. The molecule has 1 aromatic rings. The van der Waals surface area contributed by atoms with Crippen molar-refractivity contribution < 1.29 is 23.9 Å². The summed E-state index contributed by atoms with van der Waals surface area (Å²) in [5.41, 5.74) is 1.09. The van der Waals surface area contributed by atoms with Crippen LogP contribution < -0.4 is 5.32 Å². The molecular formula is C20H29N3O5. The molecule has 1 saturated heterocycles. The second-order valence-electron chi connectivity index (χ2n) is 6.58. The van der Waals surface area contributed by atoms with E-state index in [1.54, 1.807) is 36.1 Å². The van der Waals surface area contributed by atoms with E-state index in [9.17, 15) is 14.4 Å². The van der Waals surface area contributed by atoms with E-state index in [-0.39, 0.29) is 24.5 Å². The van der Waals surface area contributed by atoms with E-state index >= 15 is 0 Å². The van der Waals surface area contributed by atoms with E-state index < -0.39 is 0 Å². The van der Waals surface area contributed by atoms with Crippen LogP contribution in [-0.2, 0) is 14.3 Å². The molecule has 1 fully saturated rings. The average Bonchev–Trinajstić information content (AvgIpc) is 2.69. The Morgan fingerprint density at radius 2 is 1.68 bits per heavy atom. The number of esters is 1. The topological polar surface area (TPSA) is 88.2 Å². The van der Waals surface area contributed by atoms with Gasteiger partial charge in [0.25, 0.3) is 0 Å². The van der Waals surface area contributed by atoms with Crippen molar-refractivity contribution in [3.05, 3.63) is 29.8 Å². The summed E-state index contributed by atoms with van der Waals surface area (Å²) in [6.45, 7) is 7.16. The standard InChI is InChI=1S/C20H29N3O5/c1-3-5-14-28-19(25)16-6-8-17(9-7-16)21-18(24)15-22-10-12-23(13-11-22)20(26)27-4-2/h6-9H,3-5,10-15H2,1-2H3,(H,21,24). The monoisotopic (exact) mass is 391 g/mol. The van der Waals surface area contributed by atoms with Gasteiger partial charge in [0.15, 0.2) is 0 Å². The minimum atomic E-state index is -0.356. The van der Waals surface area contributed by atoms with Crippen molar-refractivity contribution in [2.45, 2.75) is 26.7 Å². The number of carbonyl (C=O) groups is 3. The zero-order valence-corrected chi connectivity index (χ0v) is 16.6. The van der Waals surface area contributed by atoms with Gasteiger partial charge in [-0.15, -0.1) is 0 Å². The van der Waals surface area contributed by atoms with Crippen molar-refractivity contribution in [3.8, 4) is 0 Å². The van der Waals surface area contributed by atoms with Crippen LogP contribution in [0.15, 0.2) is 24.3 Å². The first-order valence-corrected chi connectivity index (χ1v) is 9.74. The van der Waals surface area contributed by atoms with Crippen LogP contribution in [0.5, 0.6) is 0 Å². The number of ether oxygens (including phenoxy) is 2. The van der Waals surface area contributed by atoms with Crippen molar-refractivity contribution in [2.75, 3.05) is 51.3 Å². The van der Waals surface area contributed by atoms with Gasteiger partial charge >= 0.3 is 12.1 Å². The van der Waals surface area contributed by atoms with E-state index in [1.165, 1.54) is 0 Å². The molecule has 0 unspecified atom stereocenters. The van der Waals surface area contributed by atoms with E-state index in [0.29, 0.717) is 50.6 Å². The minimum absolute atomic E-state index is 0.136. The molecule has 0 aromatic heterocycles. The number of unbranched alkanes of at least 4 members (excludes halogenated alkanes) is 1. The third-order valence-corrected chi connectivity index (χ3v) is 4.40. The summed E-state index contributed by atoms with van der Waals surface area (Å²) in [5.74, 6) is -0.492. The largest absolute Gasteiger partial charge is 0.462 e. The normalized spacial score (nSPS) is 14.4. The zero-order chi connectivity index (χ0) is 20.4. The van der Waals surface area contributed by atoms with Gasteiger partial charge in [0, 0.05) is 31.9 Å². The summed E-state index contributed by atoms with van der Waals surface area (Å²) >= 11 is 0. The minimum Gasteiger partial charge on any atom is -0.462 e. The van der Waals surface area contributed by atoms with Gasteiger partial charge in [-0.25, -0.2) is 9.59 Å². The summed E-state index contributed by atoms with van der Waals surface area (Å²) in [6, 6.07) is 6.66. The number of carbonyl (C=O) groups excluding carboxylic acids is 3. The fourth-order valence-electron chi connectivity index (χ4n) is 2.79. The quantitative estimate of drug-likeness (QED) is 0.541. The molecule has 0 aliphatic carbocycles. The van der Waals surface area contributed by atoms with E-state index in [4.69, 9.17) is 9.47 Å². The van der Waals surface area contributed by atoms with Gasteiger partial charge in [-0.05, 0) is 37.6 Å². The molecule has 1 aliphatic rings. The van der Waals surface area contributed by atoms with Gasteiger partial charge in [-0.3, -0.25) is 9.69 Å². The van der Waals surface area contributed by atoms with Crippen LogP contribution in [0.3, 0.4) is 0 Å². The Bertz CT molecular complexity index is 654. The Balaban J connectivity index is 1.74. The van der Waals surface area contributed by atoms with Gasteiger partial charge in [-0.2, -0.15) is 0 Å². The predicted octanol–water partition coefficient (Wildman–Crippen LogP) is 2.36. The molecule has 28 heavy (non-hydrogen) atoms. The number of benzene rings is 1. The Labute approximate surface area is 165 Å². The number of amides is 2. The number of hydrogen-bond donors (Lipinski definition) is 1. The van der Waals surface area contributed by atoms with Crippen LogP contribution in [0.4, 0.5) is 10.5 Å². The molecule has 154 valence electrons. The van der Waals surface area contributed by atoms with Gasteiger partial charge in [0.2, 0.25) is 5.91 Å². The van der Waals surface area contributed by atoms with Crippen molar-refractivity contribution in [2.24, 2.45) is 0 Å². The maximum atomic E-state index is 12.2. The Morgan fingerprint density at radius 1 is 1.00 bits per heavy atom. The molecule has 0 spiro atoms. The maximum Gasteiger partial charge on any atom is 0.409 e. The van der Waals surface area contributed by atoms with E-state index in [2.05, 4.69) is 5.32 Å². The van der Waals surface area contributed by atoms with Crippen LogP contribution in [0, 0.1) is 0 Å². The first-order valence-electron chi connectivity index (χ1n) is 9.74. The molecule has 1 aliphatic heterocycles. The molecule has 2 amide bonds. The number of nitrogens with one attached hydrogen (secondary N) is 1. The van der Waals surface area contributed by atoms with Gasteiger partial charge in [0.1, 0.15) is 0 Å². The summed E-state index contributed by atoms with van der Waals surface area (Å²) < 4.78 is 10.1. The Hall–Kier alpha value is -2.61. The number of anilines is 1. The third kappa shape index (κ3) is 6.84. The van der Waals surface area contributed by atoms with Crippen molar-refractivity contribution in [1.29, 1.82) is 0 Å². The lowest BCUT2D eigenvalue weighted by Gasteiger charge is -2.33. The molecule has 1 heterocycles. The fraction of sp³-hybridized carbons (Fsp3) is 0.550. The highest BCUT2D eigenvalue weighted by molar-refractivity contribution is 5.94. The third-order valence-electron chi connectivity index (χ3n) is 4.40. The molecule has 8 nitrogen and oxygen atoms in total. The first-order chi connectivity index (χ1) is 13.5. The Morgan fingerprint density at radius 3 is 2.29 bits per heavy atom. The SMILES string of the molecule is CCCCOC(=O)c1ccc(NC(=O)CN2CCN(C(=O)OCC)CC2)cc1. The zero-order valence-electron chi connectivity index (χ0n) is 16.6. The average molecular weight is 391 g/mol. The highest BCUT2D eigenvalue weighted by atomic mass is 16.6. The van der Waals surface area contributed by atoms with Crippen molar-refractivity contribution in [1.82, 2.24) is 9.80 Å². The number of hydrogen-bond acceptors (Lipinski definition) is 6. The fourth-order valence-corrected chi connectivity index (χ4v) is 2.79. The van der Waals surface area contributed by atoms with Crippen LogP contribution in [0.25, 0.3) is 0 Å². The summed E-state index contributed by atoms with van der Waals surface area (Å²) in [5, 5.41) is 2.82. The van der Waals surface area contributed by atoms with Crippen LogP contribution in [0.2, 0.25) is 0 Å². The van der Waals surface area contributed by atoms with Gasteiger partial charge in [0.05, 0.1) is 25.3 Å². The first kappa shape index (κ1) is 21.7. The number of nitrogens with zero attached hydrogens (tertiary/aromatic N) is 2. The lowest BCUT2D eigenvalue weighted by Crippen LogP contribution is -2.50.